The summed E-state index contributed by atoms with van der Waals surface area (Å²) >= 11 is 0. The zero-order valence-corrected chi connectivity index (χ0v) is 20.9. The molecule has 0 unspecified atom stereocenters. The molecule has 2 N–H and O–H groups in total. The smallest absolute Gasteiger partial charge is 0.240 e. The monoisotopic (exact) mass is 467 g/mol. The number of benzene rings is 3. The summed E-state index contributed by atoms with van der Waals surface area (Å²) in [6, 6.07) is 26.1. The van der Waals surface area contributed by atoms with E-state index in [0.29, 0.717) is 30.3 Å². The van der Waals surface area contributed by atoms with Gasteiger partial charge in [-0.25, -0.2) is 0 Å². The number of fused-ring (bicyclic) bond motifs is 2. The molecule has 1 saturated carbocycles. The van der Waals surface area contributed by atoms with Gasteiger partial charge in [0.15, 0.2) is 0 Å². The Labute approximate surface area is 209 Å². The lowest BCUT2D eigenvalue weighted by Crippen LogP contribution is -2.74. The van der Waals surface area contributed by atoms with E-state index < -0.39 is 5.54 Å². The van der Waals surface area contributed by atoms with Crippen molar-refractivity contribution in [2.75, 3.05) is 19.6 Å². The number of amides is 1. The Morgan fingerprint density at radius 2 is 1.83 bits per heavy atom. The van der Waals surface area contributed by atoms with Crippen molar-refractivity contribution in [1.82, 2.24) is 15.5 Å². The highest BCUT2D eigenvalue weighted by Crippen LogP contribution is 2.53. The molecule has 3 aromatic rings. The molecular formula is C31H37N3O. The molecule has 4 fully saturated rings. The minimum atomic E-state index is -0.504. The second kappa shape index (κ2) is 9.07. The van der Waals surface area contributed by atoms with Gasteiger partial charge in [-0.15, -0.1) is 0 Å². The van der Waals surface area contributed by atoms with Gasteiger partial charge in [0.1, 0.15) is 5.54 Å². The van der Waals surface area contributed by atoms with Crippen LogP contribution < -0.4 is 10.6 Å². The molecule has 4 bridgehead atoms. The summed E-state index contributed by atoms with van der Waals surface area (Å²) in [5, 5.41) is 9.65. The predicted molar refractivity (Wildman–Crippen MR) is 142 cm³/mol. The standard InChI is InChI=1S/C31H37N3O/c1-21(2)19-34-20-25-16-31(28(29(34)27(25)18-33-31)15-22-9-4-3-5-10-22)30(35)32-17-24-13-8-12-23-11-6-7-14-26(23)24/h3-14,21,25,27-29,33H,15-20H2,1-2H3,(H,32,35)/t25-,27-,28+,29+,31+/m1/s1. The number of hydrogen-bond donors (Lipinski definition) is 2. The van der Waals surface area contributed by atoms with Crippen LogP contribution in [0.4, 0.5) is 0 Å². The SMILES string of the molecule is CC(C)CN1C[C@H]2C[C@]3(C(=O)NCc4cccc5ccccc45)NC[C@H]2[C@H]1[C@@H]3Cc1ccccc1. The van der Waals surface area contributed by atoms with Crippen molar-refractivity contribution in [3.63, 3.8) is 0 Å². The highest BCUT2D eigenvalue weighted by molar-refractivity contribution is 5.89. The highest BCUT2D eigenvalue weighted by Gasteiger charge is 2.64. The third-order valence-corrected chi connectivity index (χ3v) is 8.84. The lowest BCUT2D eigenvalue weighted by atomic mass is 9.58. The van der Waals surface area contributed by atoms with Gasteiger partial charge < -0.3 is 10.6 Å². The van der Waals surface area contributed by atoms with Crippen LogP contribution in [0.5, 0.6) is 0 Å². The van der Waals surface area contributed by atoms with Crippen LogP contribution in [-0.4, -0.2) is 42.0 Å². The van der Waals surface area contributed by atoms with Crippen molar-refractivity contribution in [3.8, 4) is 0 Å². The number of likely N-dealkylation sites (tertiary alicyclic amines) is 1. The molecule has 3 aliphatic heterocycles. The van der Waals surface area contributed by atoms with Crippen molar-refractivity contribution >= 4 is 16.7 Å². The summed E-state index contributed by atoms with van der Waals surface area (Å²) in [7, 11) is 0. The molecule has 0 radical (unpaired) electrons. The predicted octanol–water partition coefficient (Wildman–Crippen LogP) is 4.63. The molecule has 0 spiro atoms. The Hall–Kier alpha value is -2.69. The summed E-state index contributed by atoms with van der Waals surface area (Å²) in [5.74, 6) is 2.35. The first-order valence-corrected chi connectivity index (χ1v) is 13.3. The van der Waals surface area contributed by atoms with Crippen LogP contribution in [0, 0.1) is 23.7 Å². The van der Waals surface area contributed by atoms with Gasteiger partial charge in [0, 0.05) is 38.1 Å². The maximum atomic E-state index is 14.1. The fourth-order valence-corrected chi connectivity index (χ4v) is 7.47. The quantitative estimate of drug-likeness (QED) is 0.532. The van der Waals surface area contributed by atoms with Gasteiger partial charge in [0.25, 0.3) is 0 Å². The topological polar surface area (TPSA) is 44.4 Å². The fraction of sp³-hybridized carbons (Fsp3) is 0.452. The molecule has 4 nitrogen and oxygen atoms in total. The van der Waals surface area contributed by atoms with Crippen LogP contribution >= 0.6 is 0 Å². The molecule has 4 heteroatoms. The van der Waals surface area contributed by atoms with Crippen molar-refractivity contribution in [3.05, 3.63) is 83.9 Å². The molecule has 5 atom stereocenters. The summed E-state index contributed by atoms with van der Waals surface area (Å²) in [6.45, 7) is 8.41. The van der Waals surface area contributed by atoms with Crippen LogP contribution in [0.3, 0.4) is 0 Å². The number of carbonyl (C=O) groups is 1. The van der Waals surface area contributed by atoms with Crippen LogP contribution in [0.25, 0.3) is 10.8 Å². The molecule has 4 aliphatic rings. The summed E-state index contributed by atoms with van der Waals surface area (Å²) < 4.78 is 0. The maximum absolute atomic E-state index is 14.1. The molecule has 1 amide bonds. The van der Waals surface area contributed by atoms with Crippen LogP contribution in [0.15, 0.2) is 72.8 Å². The van der Waals surface area contributed by atoms with Crippen LogP contribution in [0.2, 0.25) is 0 Å². The van der Waals surface area contributed by atoms with Crippen molar-refractivity contribution < 1.29 is 4.79 Å². The Bertz CT molecular complexity index is 1200. The van der Waals surface area contributed by atoms with Crippen molar-refractivity contribution in [1.29, 1.82) is 0 Å². The first-order chi connectivity index (χ1) is 17.0. The number of piperidine rings is 2. The fourth-order valence-electron chi connectivity index (χ4n) is 7.47. The zero-order chi connectivity index (χ0) is 24.0. The largest absolute Gasteiger partial charge is 0.350 e. The second-order valence-corrected chi connectivity index (χ2v) is 11.4. The van der Waals surface area contributed by atoms with E-state index in [0.717, 1.165) is 32.5 Å². The maximum Gasteiger partial charge on any atom is 0.240 e. The van der Waals surface area contributed by atoms with E-state index in [-0.39, 0.29) is 11.8 Å². The van der Waals surface area contributed by atoms with Gasteiger partial charge in [-0.3, -0.25) is 9.69 Å². The lowest BCUT2D eigenvalue weighted by Gasteiger charge is -2.56. The van der Waals surface area contributed by atoms with Gasteiger partial charge in [-0.05, 0) is 52.5 Å². The van der Waals surface area contributed by atoms with E-state index in [1.54, 1.807) is 0 Å². The molecule has 182 valence electrons. The van der Waals surface area contributed by atoms with Crippen molar-refractivity contribution in [2.24, 2.45) is 23.7 Å². The zero-order valence-electron chi connectivity index (χ0n) is 20.9. The Balaban J connectivity index is 1.31. The molecule has 1 aliphatic carbocycles. The second-order valence-electron chi connectivity index (χ2n) is 11.4. The molecule has 3 saturated heterocycles. The number of rotatable bonds is 7. The summed E-state index contributed by atoms with van der Waals surface area (Å²) in [4.78, 5) is 16.9. The van der Waals surface area contributed by atoms with Gasteiger partial charge in [-0.1, -0.05) is 86.6 Å². The minimum Gasteiger partial charge on any atom is -0.350 e. The van der Waals surface area contributed by atoms with Gasteiger partial charge >= 0.3 is 0 Å². The lowest BCUT2D eigenvalue weighted by molar-refractivity contribution is -0.138. The van der Waals surface area contributed by atoms with Crippen molar-refractivity contribution in [2.45, 2.75) is 44.8 Å². The highest BCUT2D eigenvalue weighted by atomic mass is 16.2. The first-order valence-electron chi connectivity index (χ1n) is 13.3. The van der Waals surface area contributed by atoms with E-state index in [2.05, 4.69) is 102 Å². The number of nitrogens with one attached hydrogen (secondary N) is 2. The number of hydrogen-bond acceptors (Lipinski definition) is 3. The number of nitrogens with zero attached hydrogens (tertiary/aromatic N) is 1. The van der Waals surface area contributed by atoms with E-state index >= 15 is 0 Å². The summed E-state index contributed by atoms with van der Waals surface area (Å²) in [6.07, 6.45) is 1.89. The van der Waals surface area contributed by atoms with E-state index in [9.17, 15) is 4.79 Å². The molecule has 7 rings (SSSR count). The van der Waals surface area contributed by atoms with E-state index in [1.165, 1.54) is 21.9 Å². The average molecular weight is 468 g/mol. The van der Waals surface area contributed by atoms with Gasteiger partial charge in [-0.2, -0.15) is 0 Å². The molecule has 3 aromatic carbocycles. The first kappa shape index (κ1) is 22.8. The van der Waals surface area contributed by atoms with E-state index in [1.807, 2.05) is 0 Å². The Morgan fingerprint density at radius 3 is 2.66 bits per heavy atom. The normalized spacial score (nSPS) is 29.7. The Morgan fingerprint density at radius 1 is 1.06 bits per heavy atom. The molecule has 35 heavy (non-hydrogen) atoms. The van der Waals surface area contributed by atoms with Gasteiger partial charge in [0.2, 0.25) is 5.91 Å². The number of carbonyl (C=O) groups excluding carboxylic acids is 1. The molecule has 3 heterocycles. The van der Waals surface area contributed by atoms with Crippen LogP contribution in [-0.2, 0) is 17.8 Å². The van der Waals surface area contributed by atoms with E-state index in [4.69, 9.17) is 0 Å². The summed E-state index contributed by atoms with van der Waals surface area (Å²) in [5.41, 5.74) is 2.01. The molecular weight excluding hydrogens is 430 g/mol. The third-order valence-electron chi connectivity index (χ3n) is 8.84. The Kier molecular flexibility index (Phi) is 5.90. The van der Waals surface area contributed by atoms with Crippen LogP contribution in [0.1, 0.15) is 31.4 Å². The van der Waals surface area contributed by atoms with Gasteiger partial charge in [0.05, 0.1) is 0 Å². The molecule has 0 aromatic heterocycles. The average Bonchev–Trinajstić information content (AvgIpc) is 3.17. The minimum absolute atomic E-state index is 0.186. The third kappa shape index (κ3) is 3.97.